The van der Waals surface area contributed by atoms with E-state index in [1.54, 1.807) is 13.3 Å². The summed E-state index contributed by atoms with van der Waals surface area (Å²) in [5.74, 6) is 6.86. The van der Waals surface area contributed by atoms with Gasteiger partial charge in [-0.25, -0.2) is 5.84 Å². The summed E-state index contributed by atoms with van der Waals surface area (Å²) < 4.78 is 5.24. The molecule has 1 aromatic heterocycles. The van der Waals surface area contributed by atoms with E-state index < -0.39 is 0 Å². The first-order chi connectivity index (χ1) is 7.26. The normalized spacial score (nSPS) is 13.7. The quantitative estimate of drug-likeness (QED) is 0.295. The molecule has 5 nitrogen and oxygen atoms in total. The zero-order valence-corrected chi connectivity index (χ0v) is 9.16. The second-order valence-corrected chi connectivity index (χ2v) is 3.38. The highest BCUT2D eigenvalue weighted by molar-refractivity contribution is 5.79. The van der Waals surface area contributed by atoms with Crippen molar-refractivity contribution >= 4 is 5.96 Å². The molecule has 0 saturated heterocycles. The van der Waals surface area contributed by atoms with E-state index in [4.69, 9.17) is 10.3 Å². The van der Waals surface area contributed by atoms with E-state index in [0.717, 1.165) is 18.6 Å². The van der Waals surface area contributed by atoms with Gasteiger partial charge in [0.15, 0.2) is 0 Å². The predicted octanol–water partition coefficient (Wildman–Crippen LogP) is 0.639. The zero-order valence-electron chi connectivity index (χ0n) is 9.16. The van der Waals surface area contributed by atoms with E-state index in [9.17, 15) is 0 Å². The molecule has 4 N–H and O–H groups in total. The lowest BCUT2D eigenvalue weighted by molar-refractivity contribution is 0.482. The lowest BCUT2D eigenvalue weighted by Gasteiger charge is -2.15. The van der Waals surface area contributed by atoms with Crippen LogP contribution in [0.25, 0.3) is 0 Å². The van der Waals surface area contributed by atoms with Crippen LogP contribution >= 0.6 is 0 Å². The van der Waals surface area contributed by atoms with Gasteiger partial charge in [-0.05, 0) is 25.5 Å². The zero-order chi connectivity index (χ0) is 11.1. The Morgan fingerprint density at radius 1 is 1.67 bits per heavy atom. The molecule has 1 unspecified atom stereocenters. The third-order valence-electron chi connectivity index (χ3n) is 2.15. The smallest absolute Gasteiger partial charge is 0.205 e. The van der Waals surface area contributed by atoms with Crippen molar-refractivity contribution in [2.24, 2.45) is 10.8 Å². The van der Waals surface area contributed by atoms with Gasteiger partial charge in [0, 0.05) is 19.5 Å². The number of nitrogens with zero attached hydrogens (tertiary/aromatic N) is 1. The number of nitrogens with one attached hydrogen (secondary N) is 2. The van der Waals surface area contributed by atoms with Crippen molar-refractivity contribution < 1.29 is 4.42 Å². The first-order valence-corrected chi connectivity index (χ1v) is 4.98. The summed E-state index contributed by atoms with van der Waals surface area (Å²) in [4.78, 5) is 3.94. The second-order valence-electron chi connectivity index (χ2n) is 3.38. The molecule has 0 aliphatic heterocycles. The molecule has 0 saturated carbocycles. The topological polar surface area (TPSA) is 75.6 Å². The Labute approximate surface area is 89.7 Å². The number of aryl methyl sites for hydroxylation is 1. The average Bonchev–Trinajstić information content (AvgIpc) is 2.75. The van der Waals surface area contributed by atoms with Crippen LogP contribution in [-0.4, -0.2) is 19.0 Å². The van der Waals surface area contributed by atoms with Gasteiger partial charge in [-0.3, -0.25) is 10.4 Å². The summed E-state index contributed by atoms with van der Waals surface area (Å²) in [7, 11) is 1.68. The Hall–Kier alpha value is -1.49. The van der Waals surface area contributed by atoms with E-state index in [2.05, 4.69) is 22.7 Å². The molecule has 1 rings (SSSR count). The van der Waals surface area contributed by atoms with E-state index >= 15 is 0 Å². The van der Waals surface area contributed by atoms with Crippen molar-refractivity contribution in [3.8, 4) is 0 Å². The van der Waals surface area contributed by atoms with Gasteiger partial charge in [-0.15, -0.1) is 0 Å². The van der Waals surface area contributed by atoms with Crippen molar-refractivity contribution in [2.75, 3.05) is 7.05 Å². The van der Waals surface area contributed by atoms with E-state index in [0.29, 0.717) is 12.0 Å². The molecule has 1 heterocycles. The molecule has 0 aliphatic carbocycles. The van der Waals surface area contributed by atoms with E-state index in [-0.39, 0.29) is 0 Å². The van der Waals surface area contributed by atoms with Gasteiger partial charge in [0.05, 0.1) is 6.26 Å². The monoisotopic (exact) mass is 210 g/mol. The number of rotatable bonds is 4. The van der Waals surface area contributed by atoms with Gasteiger partial charge in [0.2, 0.25) is 5.96 Å². The lowest BCUT2D eigenvalue weighted by Crippen LogP contribution is -2.45. The van der Waals surface area contributed by atoms with E-state index in [1.165, 1.54) is 0 Å². The van der Waals surface area contributed by atoms with Crippen LogP contribution in [0.4, 0.5) is 0 Å². The fraction of sp³-hybridized carbons (Fsp3) is 0.500. The van der Waals surface area contributed by atoms with E-state index in [1.807, 2.05) is 12.1 Å². The molecule has 5 heteroatoms. The lowest BCUT2D eigenvalue weighted by atomic mass is 10.1. The summed E-state index contributed by atoms with van der Waals surface area (Å²) in [6.07, 6.45) is 3.56. The van der Waals surface area contributed by atoms with Crippen LogP contribution in [0.5, 0.6) is 0 Å². The number of aliphatic imine (C=N–C) groups is 1. The van der Waals surface area contributed by atoms with Crippen molar-refractivity contribution in [2.45, 2.75) is 25.8 Å². The highest BCUT2D eigenvalue weighted by Gasteiger charge is 2.05. The standard InChI is InChI=1S/C10H18N4O/c1-8(13-10(12-2)14-11)5-6-9-4-3-7-15-9/h3-4,7-8H,5-6,11H2,1-2H3,(H2,12,13,14). The number of furan rings is 1. The largest absolute Gasteiger partial charge is 0.469 e. The number of guanidine groups is 1. The molecular formula is C10H18N4O. The van der Waals surface area contributed by atoms with Gasteiger partial charge in [0.1, 0.15) is 5.76 Å². The molecule has 15 heavy (non-hydrogen) atoms. The summed E-state index contributed by atoms with van der Waals surface area (Å²) >= 11 is 0. The van der Waals surface area contributed by atoms with Crippen LogP contribution in [0.15, 0.2) is 27.8 Å². The molecule has 1 atom stereocenters. The Morgan fingerprint density at radius 2 is 2.47 bits per heavy atom. The third kappa shape index (κ3) is 4.03. The maximum atomic E-state index is 5.26. The summed E-state index contributed by atoms with van der Waals surface area (Å²) in [6, 6.07) is 4.17. The first kappa shape index (κ1) is 11.6. The van der Waals surface area contributed by atoms with Crippen molar-refractivity contribution in [1.82, 2.24) is 10.7 Å². The summed E-state index contributed by atoms with van der Waals surface area (Å²) in [6.45, 7) is 2.07. The number of hydrogen-bond donors (Lipinski definition) is 3. The molecular weight excluding hydrogens is 192 g/mol. The molecule has 0 spiro atoms. The molecule has 0 fully saturated rings. The van der Waals surface area contributed by atoms with Crippen molar-refractivity contribution in [3.63, 3.8) is 0 Å². The SMILES string of the molecule is CN=C(NN)NC(C)CCc1ccco1. The van der Waals surface area contributed by atoms with Crippen molar-refractivity contribution in [3.05, 3.63) is 24.2 Å². The summed E-state index contributed by atoms with van der Waals surface area (Å²) in [5, 5.41) is 3.15. The Balaban J connectivity index is 2.27. The summed E-state index contributed by atoms with van der Waals surface area (Å²) in [5.41, 5.74) is 2.49. The number of nitrogens with two attached hydrogens (primary N) is 1. The predicted molar refractivity (Wildman–Crippen MR) is 60.3 cm³/mol. The minimum Gasteiger partial charge on any atom is -0.469 e. The molecule has 0 aliphatic rings. The first-order valence-electron chi connectivity index (χ1n) is 4.98. The maximum absolute atomic E-state index is 5.26. The van der Waals surface area contributed by atoms with Crippen LogP contribution in [-0.2, 0) is 6.42 Å². The van der Waals surface area contributed by atoms with Crippen LogP contribution in [0.2, 0.25) is 0 Å². The molecule has 1 aromatic rings. The van der Waals surface area contributed by atoms with Gasteiger partial charge in [0.25, 0.3) is 0 Å². The molecule has 84 valence electrons. The van der Waals surface area contributed by atoms with Gasteiger partial charge in [-0.1, -0.05) is 0 Å². The third-order valence-corrected chi connectivity index (χ3v) is 2.15. The minimum atomic E-state index is 0.296. The van der Waals surface area contributed by atoms with Gasteiger partial charge in [-0.2, -0.15) is 0 Å². The fourth-order valence-corrected chi connectivity index (χ4v) is 1.29. The van der Waals surface area contributed by atoms with Gasteiger partial charge < -0.3 is 9.73 Å². The van der Waals surface area contributed by atoms with Gasteiger partial charge >= 0.3 is 0 Å². The van der Waals surface area contributed by atoms with Crippen LogP contribution in [0.1, 0.15) is 19.1 Å². The number of hydrogen-bond acceptors (Lipinski definition) is 3. The van der Waals surface area contributed by atoms with Crippen LogP contribution in [0.3, 0.4) is 0 Å². The Bertz CT molecular complexity index is 294. The average molecular weight is 210 g/mol. The van der Waals surface area contributed by atoms with Crippen molar-refractivity contribution in [1.29, 1.82) is 0 Å². The van der Waals surface area contributed by atoms with Crippen LogP contribution in [0, 0.1) is 0 Å². The number of hydrazine groups is 1. The highest BCUT2D eigenvalue weighted by atomic mass is 16.3. The molecule has 0 amide bonds. The van der Waals surface area contributed by atoms with Crippen LogP contribution < -0.4 is 16.6 Å². The molecule has 0 bridgehead atoms. The highest BCUT2D eigenvalue weighted by Crippen LogP contribution is 2.05. The Morgan fingerprint density at radius 3 is 3.00 bits per heavy atom. The fourth-order valence-electron chi connectivity index (χ4n) is 1.29. The Kier molecular flexibility index (Phi) is 4.70. The maximum Gasteiger partial charge on any atom is 0.205 e. The minimum absolute atomic E-state index is 0.296. The second kappa shape index (κ2) is 6.08. The molecule has 0 radical (unpaired) electrons. The molecule has 0 aromatic carbocycles.